The molecule has 0 fully saturated rings. The molecular weight excluding hydrogens is 430 g/mol. The number of aryl methyl sites for hydroxylation is 1. The summed E-state index contributed by atoms with van der Waals surface area (Å²) in [5.41, 5.74) is 4.73. The third-order valence-corrected chi connectivity index (χ3v) is 5.41. The molecule has 0 radical (unpaired) electrons. The van der Waals surface area contributed by atoms with Crippen LogP contribution in [-0.2, 0) is 9.53 Å². The van der Waals surface area contributed by atoms with E-state index in [0.29, 0.717) is 28.1 Å². The largest absolute Gasteiger partial charge is 0.449 e. The first-order valence-electron chi connectivity index (χ1n) is 10.8. The summed E-state index contributed by atoms with van der Waals surface area (Å²) < 4.78 is 5.44. The molecule has 1 amide bonds. The van der Waals surface area contributed by atoms with Gasteiger partial charge in [-0.3, -0.25) is 14.8 Å². The number of imidazole rings is 1. The Morgan fingerprint density at radius 3 is 2.68 bits per heavy atom. The second-order valence-corrected chi connectivity index (χ2v) is 7.92. The van der Waals surface area contributed by atoms with Gasteiger partial charge < -0.3 is 15.0 Å². The predicted molar refractivity (Wildman–Crippen MR) is 129 cm³/mol. The monoisotopic (exact) mass is 451 g/mol. The molecule has 8 heteroatoms. The van der Waals surface area contributed by atoms with Crippen LogP contribution in [0.4, 0.5) is 5.69 Å². The molecule has 168 valence electrons. The van der Waals surface area contributed by atoms with E-state index in [1.165, 1.54) is 0 Å². The summed E-state index contributed by atoms with van der Waals surface area (Å²) >= 11 is 0. The van der Waals surface area contributed by atoms with E-state index in [4.69, 9.17) is 4.74 Å². The number of aromatic nitrogens is 4. The molecule has 0 spiro atoms. The third kappa shape index (κ3) is 4.21. The lowest BCUT2D eigenvalue weighted by molar-refractivity contribution is -0.123. The molecule has 5 aromatic rings. The molecule has 0 saturated heterocycles. The van der Waals surface area contributed by atoms with Gasteiger partial charge in [-0.25, -0.2) is 9.78 Å². The summed E-state index contributed by atoms with van der Waals surface area (Å²) in [5, 5.41) is 3.67. The maximum Gasteiger partial charge on any atom is 0.338 e. The van der Waals surface area contributed by atoms with Crippen LogP contribution in [0.15, 0.2) is 73.1 Å². The highest BCUT2D eigenvalue weighted by molar-refractivity contribution is 6.03. The number of rotatable bonds is 5. The number of pyridine rings is 2. The van der Waals surface area contributed by atoms with E-state index in [-0.39, 0.29) is 0 Å². The number of ether oxygens (including phenoxy) is 1. The molecule has 1 atom stereocenters. The second-order valence-electron chi connectivity index (χ2n) is 7.92. The molecular formula is C26H21N5O3. The van der Waals surface area contributed by atoms with Crippen LogP contribution in [0.3, 0.4) is 0 Å². The number of anilines is 1. The Morgan fingerprint density at radius 1 is 1.00 bits per heavy atom. The minimum absolute atomic E-state index is 0.318. The van der Waals surface area contributed by atoms with Crippen LogP contribution >= 0.6 is 0 Å². The quantitative estimate of drug-likeness (QED) is 0.376. The van der Waals surface area contributed by atoms with Crippen LogP contribution < -0.4 is 5.32 Å². The van der Waals surface area contributed by atoms with Gasteiger partial charge in [0, 0.05) is 29.0 Å². The van der Waals surface area contributed by atoms with Gasteiger partial charge in [0.1, 0.15) is 5.82 Å². The van der Waals surface area contributed by atoms with Crippen molar-refractivity contribution in [3.05, 3.63) is 84.3 Å². The summed E-state index contributed by atoms with van der Waals surface area (Å²) in [4.78, 5) is 41.8. The lowest BCUT2D eigenvalue weighted by atomic mass is 10.1. The summed E-state index contributed by atoms with van der Waals surface area (Å²) in [5.74, 6) is -0.371. The third-order valence-electron chi connectivity index (χ3n) is 5.41. The SMILES string of the molecule is Cc1cc(NC(=O)C(C)OC(=O)c2ccc3nc(-c4cccnc4)[nH]c3c2)c2ccccc2n1. The Bertz CT molecular complexity index is 1530. The number of para-hydroxylation sites is 1. The Kier molecular flexibility index (Phi) is 5.47. The lowest BCUT2D eigenvalue weighted by Gasteiger charge is -2.15. The first kappa shape index (κ1) is 21.3. The molecule has 0 aliphatic rings. The number of hydrogen-bond donors (Lipinski definition) is 2. The molecule has 2 N–H and O–H groups in total. The van der Waals surface area contributed by atoms with Crippen LogP contribution in [0, 0.1) is 6.92 Å². The van der Waals surface area contributed by atoms with E-state index in [0.717, 1.165) is 22.2 Å². The van der Waals surface area contributed by atoms with Gasteiger partial charge >= 0.3 is 5.97 Å². The number of nitrogens with zero attached hydrogens (tertiary/aromatic N) is 3. The minimum Gasteiger partial charge on any atom is -0.449 e. The maximum absolute atomic E-state index is 12.8. The predicted octanol–water partition coefficient (Wildman–Crippen LogP) is 4.67. The first-order chi connectivity index (χ1) is 16.5. The van der Waals surface area contributed by atoms with E-state index in [1.807, 2.05) is 43.3 Å². The highest BCUT2D eigenvalue weighted by Gasteiger charge is 2.21. The van der Waals surface area contributed by atoms with Crippen molar-refractivity contribution in [1.29, 1.82) is 0 Å². The van der Waals surface area contributed by atoms with Crippen molar-refractivity contribution in [3.8, 4) is 11.4 Å². The summed E-state index contributed by atoms with van der Waals surface area (Å²) in [6.45, 7) is 3.40. The molecule has 8 nitrogen and oxygen atoms in total. The fraction of sp³-hybridized carbons (Fsp3) is 0.115. The molecule has 0 aliphatic heterocycles. The fourth-order valence-electron chi connectivity index (χ4n) is 3.70. The van der Waals surface area contributed by atoms with Gasteiger partial charge in [-0.05, 0) is 56.3 Å². The molecule has 0 saturated carbocycles. The van der Waals surface area contributed by atoms with Crippen molar-refractivity contribution in [2.45, 2.75) is 20.0 Å². The number of aromatic amines is 1. The molecule has 34 heavy (non-hydrogen) atoms. The van der Waals surface area contributed by atoms with E-state index in [1.54, 1.807) is 43.6 Å². The molecule has 1 unspecified atom stereocenters. The summed E-state index contributed by atoms with van der Waals surface area (Å²) in [6, 6.07) is 18.1. The van der Waals surface area contributed by atoms with Crippen LogP contribution in [0.5, 0.6) is 0 Å². The number of esters is 1. The second kappa shape index (κ2) is 8.74. The van der Waals surface area contributed by atoms with Crippen LogP contribution in [0.2, 0.25) is 0 Å². The Morgan fingerprint density at radius 2 is 1.85 bits per heavy atom. The Hall–Kier alpha value is -4.59. The summed E-state index contributed by atoms with van der Waals surface area (Å²) in [7, 11) is 0. The number of H-pyrrole nitrogens is 1. The molecule has 3 heterocycles. The van der Waals surface area contributed by atoms with Crippen LogP contribution in [0.1, 0.15) is 23.0 Å². The van der Waals surface area contributed by atoms with Crippen molar-refractivity contribution in [2.24, 2.45) is 0 Å². The average molecular weight is 451 g/mol. The van der Waals surface area contributed by atoms with Crippen LogP contribution in [0.25, 0.3) is 33.3 Å². The highest BCUT2D eigenvalue weighted by Crippen LogP contribution is 2.24. The highest BCUT2D eigenvalue weighted by atomic mass is 16.5. The number of nitrogens with one attached hydrogen (secondary N) is 2. The number of hydrogen-bond acceptors (Lipinski definition) is 6. The lowest BCUT2D eigenvalue weighted by Crippen LogP contribution is -2.30. The number of fused-ring (bicyclic) bond motifs is 2. The van der Waals surface area contributed by atoms with Gasteiger partial charge in [-0.15, -0.1) is 0 Å². The molecule has 0 bridgehead atoms. The van der Waals surface area contributed by atoms with Gasteiger partial charge in [0.15, 0.2) is 6.10 Å². The molecule has 5 rings (SSSR count). The molecule has 3 aromatic heterocycles. The van der Waals surface area contributed by atoms with Crippen molar-refractivity contribution >= 4 is 39.5 Å². The fourth-order valence-corrected chi connectivity index (χ4v) is 3.70. The van der Waals surface area contributed by atoms with Gasteiger partial charge in [0.2, 0.25) is 0 Å². The van der Waals surface area contributed by atoms with Gasteiger partial charge in [-0.1, -0.05) is 18.2 Å². The maximum atomic E-state index is 12.8. The van der Waals surface area contributed by atoms with Gasteiger partial charge in [0.25, 0.3) is 5.91 Å². The number of carbonyl (C=O) groups excluding carboxylic acids is 2. The van der Waals surface area contributed by atoms with Gasteiger partial charge in [-0.2, -0.15) is 0 Å². The van der Waals surface area contributed by atoms with E-state index in [9.17, 15) is 9.59 Å². The van der Waals surface area contributed by atoms with Crippen LogP contribution in [-0.4, -0.2) is 37.9 Å². The van der Waals surface area contributed by atoms with Crippen molar-refractivity contribution in [3.63, 3.8) is 0 Å². The van der Waals surface area contributed by atoms with Crippen molar-refractivity contribution in [2.75, 3.05) is 5.32 Å². The smallest absolute Gasteiger partial charge is 0.338 e. The standard InChI is InChI=1S/C26H21N5O3/c1-15-12-22(19-7-3-4-8-20(19)28-15)31-25(32)16(2)34-26(33)17-9-10-21-23(13-17)30-24(29-21)18-6-5-11-27-14-18/h3-14,16H,1-2H3,(H,29,30)(H,28,31,32). The van der Waals surface area contributed by atoms with E-state index >= 15 is 0 Å². The van der Waals surface area contributed by atoms with E-state index < -0.39 is 18.0 Å². The number of benzene rings is 2. The zero-order valence-electron chi connectivity index (χ0n) is 18.6. The average Bonchev–Trinajstić information content (AvgIpc) is 3.28. The zero-order valence-corrected chi connectivity index (χ0v) is 18.6. The Labute approximate surface area is 195 Å². The normalized spacial score (nSPS) is 11.9. The topological polar surface area (TPSA) is 110 Å². The van der Waals surface area contributed by atoms with Crippen molar-refractivity contribution < 1.29 is 14.3 Å². The van der Waals surface area contributed by atoms with E-state index in [2.05, 4.69) is 25.3 Å². The zero-order chi connectivity index (χ0) is 23.7. The molecule has 0 aliphatic carbocycles. The van der Waals surface area contributed by atoms with Gasteiger partial charge in [0.05, 0.1) is 27.8 Å². The minimum atomic E-state index is -0.997. The Balaban J connectivity index is 1.31. The summed E-state index contributed by atoms with van der Waals surface area (Å²) in [6.07, 6.45) is 2.40. The molecule has 2 aromatic carbocycles. The first-order valence-corrected chi connectivity index (χ1v) is 10.8. The van der Waals surface area contributed by atoms with Crippen molar-refractivity contribution in [1.82, 2.24) is 19.9 Å². The number of carbonyl (C=O) groups is 2. The number of amides is 1.